The van der Waals surface area contributed by atoms with Crippen molar-refractivity contribution in [2.24, 2.45) is 0 Å². The van der Waals surface area contributed by atoms with Crippen LogP contribution in [-0.2, 0) is 6.42 Å². The molecule has 1 aromatic heterocycles. The maximum Gasteiger partial charge on any atom is 0.211 e. The van der Waals surface area contributed by atoms with E-state index in [1.54, 1.807) is 6.07 Å². The minimum atomic E-state index is -0.491. The zero-order valence-corrected chi connectivity index (χ0v) is 7.62. The van der Waals surface area contributed by atoms with Crippen molar-refractivity contribution in [2.75, 3.05) is 0 Å². The molecule has 13 heavy (non-hydrogen) atoms. The van der Waals surface area contributed by atoms with E-state index in [9.17, 15) is 10.2 Å². The van der Waals surface area contributed by atoms with Crippen molar-refractivity contribution in [3.05, 3.63) is 22.9 Å². The van der Waals surface area contributed by atoms with E-state index >= 15 is 0 Å². The number of hydrogen-bond donors (Lipinski definition) is 2. The molecule has 0 saturated carbocycles. The van der Waals surface area contributed by atoms with Gasteiger partial charge in [-0.05, 0) is 37.3 Å². The molecular formula is C10H13NO2. The van der Waals surface area contributed by atoms with Gasteiger partial charge in [-0.1, -0.05) is 0 Å². The van der Waals surface area contributed by atoms with Gasteiger partial charge in [0.25, 0.3) is 0 Å². The van der Waals surface area contributed by atoms with E-state index in [0.717, 1.165) is 30.4 Å². The second-order valence-corrected chi connectivity index (χ2v) is 3.57. The van der Waals surface area contributed by atoms with Crippen LogP contribution in [0.1, 0.15) is 35.8 Å². The van der Waals surface area contributed by atoms with Gasteiger partial charge in [-0.3, -0.25) is 0 Å². The summed E-state index contributed by atoms with van der Waals surface area (Å²) in [5.74, 6) is 0.0113. The van der Waals surface area contributed by atoms with Gasteiger partial charge in [-0.2, -0.15) is 0 Å². The first kappa shape index (κ1) is 8.51. The minimum absolute atomic E-state index is 0.0113. The number of aliphatic hydroxyl groups excluding tert-OH is 1. The summed E-state index contributed by atoms with van der Waals surface area (Å²) in [5, 5.41) is 18.9. The molecule has 0 saturated heterocycles. The van der Waals surface area contributed by atoms with Gasteiger partial charge in [0.05, 0.1) is 11.8 Å². The van der Waals surface area contributed by atoms with E-state index in [-0.39, 0.29) is 5.88 Å². The van der Waals surface area contributed by atoms with Gasteiger partial charge in [0.1, 0.15) is 0 Å². The lowest BCUT2D eigenvalue weighted by molar-refractivity contribution is 0.150. The van der Waals surface area contributed by atoms with Crippen LogP contribution in [0.5, 0.6) is 5.88 Å². The van der Waals surface area contributed by atoms with Crippen LogP contribution in [0, 0.1) is 6.92 Å². The van der Waals surface area contributed by atoms with Crippen molar-refractivity contribution in [3.63, 3.8) is 0 Å². The van der Waals surface area contributed by atoms with Crippen LogP contribution < -0.4 is 0 Å². The standard InChI is InChI=1S/C10H13NO2/c1-6-5-9(13)11-10-7(6)3-2-4-8(10)12/h5,8,12H,2-4H2,1H3,(H,11,13). The molecule has 70 valence electrons. The molecule has 1 unspecified atom stereocenters. The van der Waals surface area contributed by atoms with E-state index in [2.05, 4.69) is 4.98 Å². The molecule has 0 bridgehead atoms. The van der Waals surface area contributed by atoms with Crippen LogP contribution in [0.15, 0.2) is 6.07 Å². The Balaban J connectivity index is 2.56. The fraction of sp³-hybridized carbons (Fsp3) is 0.500. The molecule has 1 atom stereocenters. The summed E-state index contributed by atoms with van der Waals surface area (Å²) in [6.45, 7) is 1.94. The van der Waals surface area contributed by atoms with Crippen LogP contribution in [0.4, 0.5) is 0 Å². The number of pyridine rings is 1. The van der Waals surface area contributed by atoms with E-state index in [0.29, 0.717) is 5.69 Å². The Morgan fingerprint density at radius 2 is 2.31 bits per heavy atom. The van der Waals surface area contributed by atoms with Crippen LogP contribution in [0.2, 0.25) is 0 Å². The third kappa shape index (κ3) is 1.40. The number of aromatic nitrogens is 1. The average Bonchev–Trinajstić information content (AvgIpc) is 2.07. The molecule has 0 aromatic carbocycles. The largest absolute Gasteiger partial charge is 0.493 e. The van der Waals surface area contributed by atoms with Crippen molar-refractivity contribution in [3.8, 4) is 5.88 Å². The summed E-state index contributed by atoms with van der Waals surface area (Å²) in [5.41, 5.74) is 2.81. The predicted molar refractivity (Wildman–Crippen MR) is 48.5 cm³/mol. The third-order valence-corrected chi connectivity index (χ3v) is 2.59. The highest BCUT2D eigenvalue weighted by atomic mass is 16.3. The Morgan fingerprint density at radius 1 is 1.54 bits per heavy atom. The Bertz CT molecular complexity index is 336. The third-order valence-electron chi connectivity index (χ3n) is 2.59. The Labute approximate surface area is 77.1 Å². The topological polar surface area (TPSA) is 53.4 Å². The molecule has 0 radical (unpaired) electrons. The fourth-order valence-corrected chi connectivity index (χ4v) is 1.92. The number of nitrogens with zero attached hydrogens (tertiary/aromatic N) is 1. The summed E-state index contributed by atoms with van der Waals surface area (Å²) < 4.78 is 0. The quantitative estimate of drug-likeness (QED) is 0.634. The van der Waals surface area contributed by atoms with Crippen molar-refractivity contribution in [2.45, 2.75) is 32.3 Å². The second-order valence-electron chi connectivity index (χ2n) is 3.57. The number of fused-ring (bicyclic) bond motifs is 1. The lowest BCUT2D eigenvalue weighted by Crippen LogP contribution is -2.12. The summed E-state index contributed by atoms with van der Waals surface area (Å²) in [6, 6.07) is 1.65. The highest BCUT2D eigenvalue weighted by molar-refractivity contribution is 5.36. The summed E-state index contributed by atoms with van der Waals surface area (Å²) in [6.07, 6.45) is 2.23. The van der Waals surface area contributed by atoms with Crippen molar-refractivity contribution in [1.82, 2.24) is 4.98 Å². The van der Waals surface area contributed by atoms with E-state index in [1.165, 1.54) is 0 Å². The predicted octanol–water partition coefficient (Wildman–Crippen LogP) is 1.47. The lowest BCUT2D eigenvalue weighted by atomic mass is 9.91. The van der Waals surface area contributed by atoms with Gasteiger partial charge in [-0.25, -0.2) is 4.98 Å². The molecule has 1 heterocycles. The molecule has 0 amide bonds. The number of aromatic hydroxyl groups is 1. The fourth-order valence-electron chi connectivity index (χ4n) is 1.92. The van der Waals surface area contributed by atoms with Crippen molar-refractivity contribution < 1.29 is 10.2 Å². The summed E-state index contributed by atoms with van der Waals surface area (Å²) in [4.78, 5) is 3.96. The van der Waals surface area contributed by atoms with Gasteiger partial charge >= 0.3 is 0 Å². The molecule has 0 aliphatic heterocycles. The van der Waals surface area contributed by atoms with E-state index < -0.39 is 6.10 Å². The molecule has 2 N–H and O–H groups in total. The highest BCUT2D eigenvalue weighted by Gasteiger charge is 2.21. The highest BCUT2D eigenvalue weighted by Crippen LogP contribution is 2.31. The monoisotopic (exact) mass is 179 g/mol. The maximum absolute atomic E-state index is 9.64. The van der Waals surface area contributed by atoms with E-state index in [4.69, 9.17) is 0 Å². The molecule has 0 fully saturated rings. The zero-order valence-electron chi connectivity index (χ0n) is 7.62. The van der Waals surface area contributed by atoms with Gasteiger partial charge in [0.15, 0.2) is 0 Å². The number of rotatable bonds is 0. The van der Waals surface area contributed by atoms with Crippen LogP contribution in [0.25, 0.3) is 0 Å². The second kappa shape index (κ2) is 3.00. The van der Waals surface area contributed by atoms with Crippen LogP contribution in [0.3, 0.4) is 0 Å². The zero-order chi connectivity index (χ0) is 9.42. The number of aliphatic hydroxyl groups is 1. The first-order chi connectivity index (χ1) is 6.18. The lowest BCUT2D eigenvalue weighted by Gasteiger charge is -2.21. The smallest absolute Gasteiger partial charge is 0.211 e. The molecule has 1 aromatic rings. The number of hydrogen-bond acceptors (Lipinski definition) is 3. The maximum atomic E-state index is 9.64. The molecule has 3 nitrogen and oxygen atoms in total. The molecular weight excluding hydrogens is 166 g/mol. The van der Waals surface area contributed by atoms with E-state index in [1.807, 2.05) is 6.92 Å². The minimum Gasteiger partial charge on any atom is -0.493 e. The average molecular weight is 179 g/mol. The normalized spacial score (nSPS) is 21.2. The number of aryl methyl sites for hydroxylation is 1. The first-order valence-electron chi connectivity index (χ1n) is 4.56. The van der Waals surface area contributed by atoms with Gasteiger partial charge in [-0.15, -0.1) is 0 Å². The SMILES string of the molecule is Cc1cc(O)nc2c1CCCC2O. The summed E-state index contributed by atoms with van der Waals surface area (Å²) in [7, 11) is 0. The van der Waals surface area contributed by atoms with Crippen molar-refractivity contribution >= 4 is 0 Å². The molecule has 2 rings (SSSR count). The Morgan fingerprint density at radius 3 is 3.08 bits per heavy atom. The first-order valence-corrected chi connectivity index (χ1v) is 4.56. The van der Waals surface area contributed by atoms with Gasteiger partial charge in [0.2, 0.25) is 5.88 Å². The summed E-state index contributed by atoms with van der Waals surface area (Å²) >= 11 is 0. The molecule has 1 aliphatic carbocycles. The molecule has 3 heteroatoms. The Hall–Kier alpha value is -1.09. The van der Waals surface area contributed by atoms with Gasteiger partial charge in [0, 0.05) is 6.07 Å². The van der Waals surface area contributed by atoms with Crippen molar-refractivity contribution in [1.29, 1.82) is 0 Å². The molecule has 1 aliphatic rings. The van der Waals surface area contributed by atoms with Crippen LogP contribution >= 0.6 is 0 Å². The van der Waals surface area contributed by atoms with Crippen LogP contribution in [-0.4, -0.2) is 15.2 Å². The van der Waals surface area contributed by atoms with Gasteiger partial charge < -0.3 is 10.2 Å². The molecule has 0 spiro atoms. The Kier molecular flexibility index (Phi) is 1.96.